The predicted molar refractivity (Wildman–Crippen MR) is 85.1 cm³/mol. The number of benzene rings is 2. The highest BCUT2D eigenvalue weighted by Gasteiger charge is 2.03. The topological polar surface area (TPSA) is 50.4 Å². The number of aryl methyl sites for hydroxylation is 1. The second-order valence-electron chi connectivity index (χ2n) is 4.65. The maximum atomic E-state index is 12.9. The summed E-state index contributed by atoms with van der Waals surface area (Å²) >= 11 is 5.98. The largest absolute Gasteiger partial charge is 0.492 e. The number of anilines is 1. The van der Waals surface area contributed by atoms with Crippen molar-refractivity contribution in [3.8, 4) is 5.75 Å². The maximum Gasteiger partial charge on any atom is 0.319 e. The fraction of sp³-hybridized carbons (Fsp3) is 0.188. The number of carbonyl (C=O) groups is 1. The smallest absolute Gasteiger partial charge is 0.319 e. The van der Waals surface area contributed by atoms with E-state index in [1.165, 1.54) is 12.1 Å². The summed E-state index contributed by atoms with van der Waals surface area (Å²) in [6.45, 7) is 2.42. The first-order valence-electron chi connectivity index (χ1n) is 6.74. The van der Waals surface area contributed by atoms with Crippen molar-refractivity contribution in [2.24, 2.45) is 0 Å². The average molecular weight is 323 g/mol. The molecule has 22 heavy (non-hydrogen) atoms. The van der Waals surface area contributed by atoms with Crippen LogP contribution in [0.2, 0.25) is 5.02 Å². The zero-order valence-electron chi connectivity index (χ0n) is 12.0. The number of amides is 2. The minimum absolute atomic E-state index is 0.242. The third-order valence-corrected chi connectivity index (χ3v) is 3.29. The van der Waals surface area contributed by atoms with Crippen molar-refractivity contribution in [1.29, 1.82) is 0 Å². The Hall–Kier alpha value is -2.27. The number of nitrogens with one attached hydrogen (secondary N) is 2. The van der Waals surface area contributed by atoms with Gasteiger partial charge in [-0.2, -0.15) is 0 Å². The maximum absolute atomic E-state index is 12.9. The zero-order valence-corrected chi connectivity index (χ0v) is 12.8. The van der Waals surface area contributed by atoms with Crippen molar-refractivity contribution in [2.75, 3.05) is 18.5 Å². The van der Waals surface area contributed by atoms with E-state index in [1.54, 1.807) is 24.3 Å². The molecule has 0 saturated carbocycles. The lowest BCUT2D eigenvalue weighted by Crippen LogP contribution is -2.32. The standard InChI is InChI=1S/C16H16ClFN2O2/c1-11-5-6-13(10-15(11)17)20-16(21)19-7-8-22-14-4-2-3-12(18)9-14/h2-6,9-10H,7-8H2,1H3,(H2,19,20,21). The van der Waals surface area contributed by atoms with Crippen molar-refractivity contribution >= 4 is 23.3 Å². The van der Waals surface area contributed by atoms with Crippen LogP contribution in [0.15, 0.2) is 42.5 Å². The summed E-state index contributed by atoms with van der Waals surface area (Å²) in [5.41, 5.74) is 1.55. The van der Waals surface area contributed by atoms with Crippen molar-refractivity contribution in [2.45, 2.75) is 6.92 Å². The number of hydrogen-bond acceptors (Lipinski definition) is 2. The highest BCUT2D eigenvalue weighted by molar-refractivity contribution is 6.31. The number of urea groups is 1. The van der Waals surface area contributed by atoms with E-state index in [1.807, 2.05) is 13.0 Å². The van der Waals surface area contributed by atoms with Crippen LogP contribution < -0.4 is 15.4 Å². The van der Waals surface area contributed by atoms with Gasteiger partial charge in [-0.05, 0) is 36.8 Å². The average Bonchev–Trinajstić information content (AvgIpc) is 2.48. The van der Waals surface area contributed by atoms with E-state index in [2.05, 4.69) is 10.6 Å². The normalized spacial score (nSPS) is 10.1. The van der Waals surface area contributed by atoms with Crippen LogP contribution in [0.25, 0.3) is 0 Å². The number of hydrogen-bond donors (Lipinski definition) is 2. The molecule has 4 nitrogen and oxygen atoms in total. The van der Waals surface area contributed by atoms with E-state index < -0.39 is 0 Å². The lowest BCUT2D eigenvalue weighted by Gasteiger charge is -2.10. The van der Waals surface area contributed by atoms with Gasteiger partial charge in [0.2, 0.25) is 0 Å². The van der Waals surface area contributed by atoms with Gasteiger partial charge in [-0.25, -0.2) is 9.18 Å². The van der Waals surface area contributed by atoms with E-state index >= 15 is 0 Å². The Bertz CT molecular complexity index is 664. The van der Waals surface area contributed by atoms with Crippen molar-refractivity contribution < 1.29 is 13.9 Å². The molecule has 0 aliphatic carbocycles. The molecule has 6 heteroatoms. The first kappa shape index (κ1) is 16.1. The molecular formula is C16H16ClFN2O2. The number of halogens is 2. The molecule has 2 amide bonds. The summed E-state index contributed by atoms with van der Waals surface area (Å²) in [6, 6.07) is 10.8. The van der Waals surface area contributed by atoms with Gasteiger partial charge >= 0.3 is 6.03 Å². The van der Waals surface area contributed by atoms with Gasteiger partial charge in [-0.1, -0.05) is 23.7 Å². The van der Waals surface area contributed by atoms with E-state index in [0.29, 0.717) is 23.0 Å². The molecule has 0 heterocycles. The summed E-state index contributed by atoms with van der Waals surface area (Å²) in [6.07, 6.45) is 0. The van der Waals surface area contributed by atoms with Crippen LogP contribution in [0.5, 0.6) is 5.75 Å². The van der Waals surface area contributed by atoms with E-state index in [0.717, 1.165) is 5.56 Å². The summed E-state index contributed by atoms with van der Waals surface area (Å²) in [7, 11) is 0. The molecule has 116 valence electrons. The first-order valence-corrected chi connectivity index (χ1v) is 7.12. The SMILES string of the molecule is Cc1ccc(NC(=O)NCCOc2cccc(F)c2)cc1Cl. The van der Waals surface area contributed by atoms with Crippen LogP contribution in [-0.4, -0.2) is 19.2 Å². The van der Waals surface area contributed by atoms with Gasteiger partial charge in [0, 0.05) is 16.8 Å². The minimum atomic E-state index is -0.362. The second-order valence-corrected chi connectivity index (χ2v) is 5.06. The Morgan fingerprint density at radius 1 is 1.27 bits per heavy atom. The van der Waals surface area contributed by atoms with Crippen molar-refractivity contribution in [3.05, 3.63) is 58.9 Å². The highest BCUT2D eigenvalue weighted by atomic mass is 35.5. The van der Waals surface area contributed by atoms with E-state index in [-0.39, 0.29) is 18.5 Å². The monoisotopic (exact) mass is 322 g/mol. The van der Waals surface area contributed by atoms with E-state index in [4.69, 9.17) is 16.3 Å². The highest BCUT2D eigenvalue weighted by Crippen LogP contribution is 2.19. The van der Waals surface area contributed by atoms with Crippen molar-refractivity contribution in [3.63, 3.8) is 0 Å². The molecule has 0 saturated heterocycles. The molecule has 2 aromatic rings. The first-order chi connectivity index (χ1) is 10.5. The molecular weight excluding hydrogens is 307 g/mol. The van der Waals surface area contributed by atoms with Gasteiger partial charge in [0.15, 0.2) is 0 Å². The zero-order chi connectivity index (χ0) is 15.9. The molecule has 0 bridgehead atoms. The third kappa shape index (κ3) is 4.93. The summed E-state index contributed by atoms with van der Waals surface area (Å²) < 4.78 is 18.3. The molecule has 0 radical (unpaired) electrons. The van der Waals surface area contributed by atoms with Gasteiger partial charge in [0.1, 0.15) is 18.2 Å². The van der Waals surface area contributed by atoms with Gasteiger partial charge in [-0.15, -0.1) is 0 Å². The number of rotatable bonds is 5. The van der Waals surface area contributed by atoms with E-state index in [9.17, 15) is 9.18 Å². The second kappa shape index (κ2) is 7.66. The Morgan fingerprint density at radius 2 is 2.09 bits per heavy atom. The molecule has 0 atom stereocenters. The Labute approximate surface area is 133 Å². The van der Waals surface area contributed by atoms with Crippen LogP contribution in [0.1, 0.15) is 5.56 Å². The Kier molecular flexibility index (Phi) is 5.61. The minimum Gasteiger partial charge on any atom is -0.492 e. The molecule has 2 aromatic carbocycles. The van der Waals surface area contributed by atoms with Gasteiger partial charge in [0.25, 0.3) is 0 Å². The predicted octanol–water partition coefficient (Wildman–Crippen LogP) is 3.99. The van der Waals surface area contributed by atoms with Crippen LogP contribution in [0.3, 0.4) is 0 Å². The number of ether oxygens (including phenoxy) is 1. The lowest BCUT2D eigenvalue weighted by molar-refractivity contribution is 0.247. The fourth-order valence-corrected chi connectivity index (χ4v) is 1.92. The summed E-state index contributed by atoms with van der Waals surface area (Å²) in [5, 5.41) is 5.90. The van der Waals surface area contributed by atoms with Gasteiger partial charge in [-0.3, -0.25) is 0 Å². The summed E-state index contributed by atoms with van der Waals surface area (Å²) in [5.74, 6) is 0.0620. The van der Waals surface area contributed by atoms with Gasteiger partial charge < -0.3 is 15.4 Å². The molecule has 2 N–H and O–H groups in total. The fourth-order valence-electron chi connectivity index (χ4n) is 1.74. The van der Waals surface area contributed by atoms with Crippen LogP contribution in [-0.2, 0) is 0 Å². The lowest BCUT2D eigenvalue weighted by atomic mass is 10.2. The molecule has 0 aromatic heterocycles. The van der Waals surface area contributed by atoms with Gasteiger partial charge in [0.05, 0.1) is 6.54 Å². The van der Waals surface area contributed by atoms with Crippen LogP contribution in [0.4, 0.5) is 14.9 Å². The molecule has 0 unspecified atom stereocenters. The Morgan fingerprint density at radius 3 is 2.82 bits per heavy atom. The van der Waals surface area contributed by atoms with Crippen molar-refractivity contribution in [1.82, 2.24) is 5.32 Å². The summed E-state index contributed by atoms with van der Waals surface area (Å²) in [4.78, 5) is 11.7. The molecule has 0 fully saturated rings. The molecule has 0 spiro atoms. The third-order valence-electron chi connectivity index (χ3n) is 2.88. The molecule has 2 rings (SSSR count). The molecule has 0 aliphatic rings. The Balaban J connectivity index is 1.72. The van der Waals surface area contributed by atoms with Crippen LogP contribution in [0, 0.1) is 12.7 Å². The quantitative estimate of drug-likeness (QED) is 0.818. The molecule has 0 aliphatic heterocycles. The van der Waals surface area contributed by atoms with Crippen LogP contribution >= 0.6 is 11.6 Å². The number of carbonyl (C=O) groups excluding carboxylic acids is 1.